The van der Waals surface area contributed by atoms with Gasteiger partial charge in [-0.1, -0.05) is 42.3 Å². The van der Waals surface area contributed by atoms with Crippen molar-refractivity contribution in [3.63, 3.8) is 0 Å². The second-order valence-corrected chi connectivity index (χ2v) is 4.94. The average molecular weight is 231 g/mol. The molecule has 0 saturated carbocycles. The summed E-state index contributed by atoms with van der Waals surface area (Å²) in [5.74, 6) is 0. The number of nitrogens with one attached hydrogen (secondary N) is 1. The van der Waals surface area contributed by atoms with Crippen LogP contribution in [0.25, 0.3) is 0 Å². The molecule has 0 radical (unpaired) electrons. The van der Waals surface area contributed by atoms with Gasteiger partial charge in [0.15, 0.2) is 0 Å². The second-order valence-electron chi connectivity index (χ2n) is 4.94. The normalized spacial score (nSPS) is 12.4. The number of aryl methyl sites for hydroxylation is 1. The first-order valence-electron chi connectivity index (χ1n) is 6.55. The van der Waals surface area contributed by atoms with E-state index in [1.54, 1.807) is 0 Å². The average Bonchev–Trinajstić information content (AvgIpc) is 2.29. The fraction of sp³-hybridized carbons (Fsp3) is 0.500. The van der Waals surface area contributed by atoms with Crippen molar-refractivity contribution in [1.29, 1.82) is 0 Å². The van der Waals surface area contributed by atoms with Crippen molar-refractivity contribution in [2.45, 2.75) is 46.1 Å². The maximum absolute atomic E-state index is 3.98. The monoisotopic (exact) mass is 231 g/mol. The summed E-state index contributed by atoms with van der Waals surface area (Å²) in [6.07, 6.45) is 3.40. The Balaban J connectivity index is 2.53. The predicted molar refractivity (Wildman–Crippen MR) is 76.4 cm³/mol. The summed E-state index contributed by atoms with van der Waals surface area (Å²) in [5, 5.41) is 3.56. The van der Waals surface area contributed by atoms with Crippen molar-refractivity contribution in [1.82, 2.24) is 5.32 Å². The summed E-state index contributed by atoms with van der Waals surface area (Å²) in [7, 11) is 0. The molecule has 0 aliphatic carbocycles. The Bertz CT molecular complexity index is 337. The van der Waals surface area contributed by atoms with Gasteiger partial charge in [-0.25, -0.2) is 0 Å². The summed E-state index contributed by atoms with van der Waals surface area (Å²) >= 11 is 0. The molecule has 0 fully saturated rings. The van der Waals surface area contributed by atoms with Crippen molar-refractivity contribution in [2.75, 3.05) is 6.54 Å². The molecular weight excluding hydrogens is 206 g/mol. The summed E-state index contributed by atoms with van der Waals surface area (Å²) in [4.78, 5) is 0. The SMILES string of the molecule is C=C(C)CCC(Cc1ccc(C)cc1)NCC. The summed E-state index contributed by atoms with van der Waals surface area (Å²) in [5.41, 5.74) is 4.02. The van der Waals surface area contributed by atoms with Crippen molar-refractivity contribution >= 4 is 0 Å². The molecule has 0 aromatic heterocycles. The zero-order valence-corrected chi connectivity index (χ0v) is 11.4. The minimum atomic E-state index is 0.569. The Kier molecular flexibility index (Phi) is 5.99. The fourth-order valence-electron chi connectivity index (χ4n) is 1.99. The fourth-order valence-corrected chi connectivity index (χ4v) is 1.99. The van der Waals surface area contributed by atoms with Crippen LogP contribution in [0.3, 0.4) is 0 Å². The van der Waals surface area contributed by atoms with E-state index in [1.165, 1.54) is 23.1 Å². The zero-order valence-electron chi connectivity index (χ0n) is 11.4. The largest absolute Gasteiger partial charge is 0.314 e. The van der Waals surface area contributed by atoms with Gasteiger partial charge in [-0.2, -0.15) is 0 Å². The quantitative estimate of drug-likeness (QED) is 0.702. The minimum Gasteiger partial charge on any atom is -0.314 e. The van der Waals surface area contributed by atoms with Gasteiger partial charge >= 0.3 is 0 Å². The lowest BCUT2D eigenvalue weighted by molar-refractivity contribution is 0.490. The minimum absolute atomic E-state index is 0.569. The number of hydrogen-bond acceptors (Lipinski definition) is 1. The third-order valence-corrected chi connectivity index (χ3v) is 3.02. The van der Waals surface area contributed by atoms with Crippen LogP contribution in [-0.2, 0) is 6.42 Å². The lowest BCUT2D eigenvalue weighted by Gasteiger charge is -2.18. The topological polar surface area (TPSA) is 12.0 Å². The van der Waals surface area contributed by atoms with Gasteiger partial charge < -0.3 is 5.32 Å². The van der Waals surface area contributed by atoms with Crippen LogP contribution in [0.1, 0.15) is 37.8 Å². The van der Waals surface area contributed by atoms with Crippen LogP contribution in [-0.4, -0.2) is 12.6 Å². The Morgan fingerprint density at radius 1 is 1.29 bits per heavy atom. The van der Waals surface area contributed by atoms with Crippen LogP contribution in [0, 0.1) is 6.92 Å². The highest BCUT2D eigenvalue weighted by atomic mass is 14.9. The van der Waals surface area contributed by atoms with E-state index in [-0.39, 0.29) is 0 Å². The molecule has 1 nitrogen and oxygen atoms in total. The van der Waals surface area contributed by atoms with E-state index >= 15 is 0 Å². The van der Waals surface area contributed by atoms with Gasteiger partial charge in [0.05, 0.1) is 0 Å². The third kappa shape index (κ3) is 5.69. The molecule has 0 bridgehead atoms. The first kappa shape index (κ1) is 14.0. The highest BCUT2D eigenvalue weighted by Crippen LogP contribution is 2.11. The van der Waals surface area contributed by atoms with Crippen LogP contribution in [0.15, 0.2) is 36.4 Å². The maximum atomic E-state index is 3.98. The molecule has 0 saturated heterocycles. The highest BCUT2D eigenvalue weighted by molar-refractivity contribution is 5.22. The molecular formula is C16H25N. The summed E-state index contributed by atoms with van der Waals surface area (Å²) < 4.78 is 0. The number of hydrogen-bond donors (Lipinski definition) is 1. The number of benzene rings is 1. The third-order valence-electron chi connectivity index (χ3n) is 3.02. The van der Waals surface area contributed by atoms with Crippen molar-refractivity contribution < 1.29 is 0 Å². The van der Waals surface area contributed by atoms with Gasteiger partial charge in [-0.05, 0) is 45.2 Å². The van der Waals surface area contributed by atoms with Crippen LogP contribution < -0.4 is 5.32 Å². The van der Waals surface area contributed by atoms with Crippen LogP contribution >= 0.6 is 0 Å². The highest BCUT2D eigenvalue weighted by Gasteiger charge is 2.08. The number of likely N-dealkylation sites (N-methyl/N-ethyl adjacent to an activating group) is 1. The van der Waals surface area contributed by atoms with E-state index in [0.717, 1.165) is 19.4 Å². The Morgan fingerprint density at radius 3 is 2.47 bits per heavy atom. The van der Waals surface area contributed by atoms with Gasteiger partial charge in [0.25, 0.3) is 0 Å². The molecule has 0 heterocycles. The standard InChI is InChI=1S/C16H25N/c1-5-17-16(11-6-13(2)3)12-15-9-7-14(4)8-10-15/h7-10,16-17H,2,5-6,11-12H2,1,3-4H3. The molecule has 0 aliphatic heterocycles. The van der Waals surface area contributed by atoms with E-state index in [2.05, 4.69) is 56.9 Å². The van der Waals surface area contributed by atoms with Gasteiger partial charge in [0.1, 0.15) is 0 Å². The lowest BCUT2D eigenvalue weighted by atomic mass is 9.99. The molecule has 1 N–H and O–H groups in total. The second kappa shape index (κ2) is 7.29. The first-order valence-corrected chi connectivity index (χ1v) is 6.55. The molecule has 1 rings (SSSR count). The summed E-state index contributed by atoms with van der Waals surface area (Å²) in [6.45, 7) is 11.4. The van der Waals surface area contributed by atoms with Crippen molar-refractivity contribution in [3.8, 4) is 0 Å². The maximum Gasteiger partial charge on any atom is 0.0110 e. The molecule has 0 amide bonds. The van der Waals surface area contributed by atoms with E-state index < -0.39 is 0 Å². The Morgan fingerprint density at radius 2 is 1.94 bits per heavy atom. The van der Waals surface area contributed by atoms with Gasteiger partial charge in [-0.3, -0.25) is 0 Å². The van der Waals surface area contributed by atoms with Crippen molar-refractivity contribution in [2.24, 2.45) is 0 Å². The van der Waals surface area contributed by atoms with E-state index in [1.807, 2.05) is 0 Å². The zero-order chi connectivity index (χ0) is 12.7. The molecule has 1 aromatic carbocycles. The van der Waals surface area contributed by atoms with E-state index in [9.17, 15) is 0 Å². The summed E-state index contributed by atoms with van der Waals surface area (Å²) in [6, 6.07) is 9.43. The van der Waals surface area contributed by atoms with E-state index in [0.29, 0.717) is 6.04 Å². The van der Waals surface area contributed by atoms with Gasteiger partial charge in [0, 0.05) is 6.04 Å². The van der Waals surface area contributed by atoms with Gasteiger partial charge in [0.2, 0.25) is 0 Å². The Labute approximate surface area is 106 Å². The van der Waals surface area contributed by atoms with Crippen LogP contribution in [0.5, 0.6) is 0 Å². The Hall–Kier alpha value is -1.08. The predicted octanol–water partition coefficient (Wildman–Crippen LogP) is 3.87. The molecule has 1 aromatic rings. The van der Waals surface area contributed by atoms with Gasteiger partial charge in [-0.15, -0.1) is 6.58 Å². The molecule has 0 aliphatic rings. The van der Waals surface area contributed by atoms with Crippen LogP contribution in [0.2, 0.25) is 0 Å². The van der Waals surface area contributed by atoms with E-state index in [4.69, 9.17) is 0 Å². The molecule has 17 heavy (non-hydrogen) atoms. The molecule has 1 atom stereocenters. The molecule has 94 valence electrons. The molecule has 0 spiro atoms. The lowest BCUT2D eigenvalue weighted by Crippen LogP contribution is -2.30. The van der Waals surface area contributed by atoms with Crippen LogP contribution in [0.4, 0.5) is 0 Å². The number of allylic oxidation sites excluding steroid dienone is 1. The smallest absolute Gasteiger partial charge is 0.0110 e. The first-order chi connectivity index (χ1) is 8.11. The molecule has 1 unspecified atom stereocenters. The molecule has 1 heteroatoms. The van der Waals surface area contributed by atoms with Crippen molar-refractivity contribution in [3.05, 3.63) is 47.5 Å². The number of rotatable bonds is 7.